The van der Waals surface area contributed by atoms with Gasteiger partial charge in [0.05, 0.1) is 31.4 Å². The Morgan fingerprint density at radius 3 is 2.00 bits per heavy atom. The molecule has 0 saturated carbocycles. The molecule has 6 rings (SSSR count). The zero-order valence-electron chi connectivity index (χ0n) is 29.8. The van der Waals surface area contributed by atoms with Crippen LogP contribution in [0.25, 0.3) is 0 Å². The fraction of sp³-hybridized carbons (Fsp3) is 0.579. The van der Waals surface area contributed by atoms with Crippen LogP contribution < -0.4 is 36.1 Å². The van der Waals surface area contributed by atoms with Crippen molar-refractivity contribution in [2.45, 2.75) is 103 Å². The average Bonchev–Trinajstić information content (AvgIpc) is 3.10. The Morgan fingerprint density at radius 1 is 0.760 bits per heavy atom. The van der Waals surface area contributed by atoms with Gasteiger partial charge in [0.25, 0.3) is 0 Å². The summed E-state index contributed by atoms with van der Waals surface area (Å²) in [6, 6.07) is 11.9. The van der Waals surface area contributed by atoms with Crippen molar-refractivity contribution in [1.29, 1.82) is 0 Å². The molecule has 12 nitrogen and oxygen atoms in total. The van der Waals surface area contributed by atoms with Crippen LogP contribution in [0, 0.1) is 11.8 Å². The van der Waals surface area contributed by atoms with Crippen molar-refractivity contribution in [1.82, 2.24) is 26.6 Å². The van der Waals surface area contributed by atoms with E-state index in [9.17, 15) is 24.3 Å². The predicted molar refractivity (Wildman–Crippen MR) is 191 cm³/mol. The second-order valence-corrected chi connectivity index (χ2v) is 13.8. The van der Waals surface area contributed by atoms with Crippen LogP contribution in [-0.4, -0.2) is 85.3 Å². The first-order chi connectivity index (χ1) is 24.0. The highest BCUT2D eigenvalue weighted by Gasteiger charge is 2.32. The van der Waals surface area contributed by atoms with E-state index in [0.29, 0.717) is 63.4 Å². The number of amides is 4. The SMILES string of the molecule is CCC(C)[C@@H]1NC(=O)C(NCC(O)[C@@H]2Cc3ccc(cc3)OCCCCC(=O)N[C@@H](C(C)C)C(=O)N2)Cc2ccc(cc2)OCCCNC1=O. The largest absolute Gasteiger partial charge is 0.494 e. The van der Waals surface area contributed by atoms with Crippen molar-refractivity contribution < 1.29 is 33.8 Å². The monoisotopic (exact) mass is 693 g/mol. The third-order valence-electron chi connectivity index (χ3n) is 9.44. The third-order valence-corrected chi connectivity index (χ3v) is 9.44. The highest BCUT2D eigenvalue weighted by Crippen LogP contribution is 2.18. The molecule has 0 aromatic heterocycles. The van der Waals surface area contributed by atoms with Gasteiger partial charge >= 0.3 is 0 Å². The second kappa shape index (κ2) is 19.3. The van der Waals surface area contributed by atoms with Crippen LogP contribution in [-0.2, 0) is 32.0 Å². The fourth-order valence-electron chi connectivity index (χ4n) is 6.05. The van der Waals surface area contributed by atoms with Gasteiger partial charge in [-0.1, -0.05) is 58.4 Å². The lowest BCUT2D eigenvalue weighted by atomic mass is 9.96. The van der Waals surface area contributed by atoms with Crippen LogP contribution in [0.3, 0.4) is 0 Å². The van der Waals surface area contributed by atoms with E-state index in [1.54, 1.807) is 0 Å². The van der Waals surface area contributed by atoms with Gasteiger partial charge in [-0.3, -0.25) is 19.2 Å². The molecule has 0 radical (unpaired) electrons. The summed E-state index contributed by atoms with van der Waals surface area (Å²) in [6.45, 7) is 8.92. The zero-order valence-corrected chi connectivity index (χ0v) is 29.8. The molecule has 2 aromatic rings. The van der Waals surface area contributed by atoms with Crippen molar-refractivity contribution in [2.75, 3.05) is 26.3 Å². The Kier molecular flexibility index (Phi) is 14.9. The van der Waals surface area contributed by atoms with Crippen molar-refractivity contribution >= 4 is 23.6 Å². The quantitative estimate of drug-likeness (QED) is 0.257. The van der Waals surface area contributed by atoms with Gasteiger partial charge < -0.3 is 41.2 Å². The molecule has 4 aliphatic rings. The molecule has 0 fully saturated rings. The third kappa shape index (κ3) is 11.7. The summed E-state index contributed by atoms with van der Waals surface area (Å²) in [6.07, 6.45) is 2.37. The highest BCUT2D eigenvalue weighted by atomic mass is 16.5. The van der Waals surface area contributed by atoms with E-state index < -0.39 is 30.3 Å². The van der Waals surface area contributed by atoms with Crippen molar-refractivity contribution in [2.24, 2.45) is 11.8 Å². The fourth-order valence-corrected chi connectivity index (χ4v) is 6.05. The van der Waals surface area contributed by atoms with Crippen LogP contribution in [0.15, 0.2) is 48.5 Å². The van der Waals surface area contributed by atoms with Gasteiger partial charge in [-0.05, 0) is 79.3 Å². The van der Waals surface area contributed by atoms with Gasteiger partial charge in [-0.15, -0.1) is 0 Å². The summed E-state index contributed by atoms with van der Waals surface area (Å²) in [5.74, 6) is -0.132. The normalized spacial score (nSPS) is 24.4. The summed E-state index contributed by atoms with van der Waals surface area (Å²) >= 11 is 0. The van der Waals surface area contributed by atoms with Gasteiger partial charge in [0.1, 0.15) is 23.6 Å². The number of carbonyl (C=O) groups excluding carboxylic acids is 4. The van der Waals surface area contributed by atoms with Crippen LogP contribution in [0.2, 0.25) is 0 Å². The number of hydrogen-bond donors (Lipinski definition) is 6. The topological polar surface area (TPSA) is 167 Å². The molecule has 3 unspecified atom stereocenters. The summed E-state index contributed by atoms with van der Waals surface area (Å²) in [5, 5.41) is 26.7. The second-order valence-electron chi connectivity index (χ2n) is 13.8. The van der Waals surface area contributed by atoms with Crippen molar-refractivity contribution in [3.63, 3.8) is 0 Å². The number of fused-ring (bicyclic) bond motifs is 25. The maximum Gasteiger partial charge on any atom is 0.243 e. The number of aliphatic hydroxyl groups is 1. The molecule has 0 spiro atoms. The molecule has 12 heteroatoms. The summed E-state index contributed by atoms with van der Waals surface area (Å²) in [4.78, 5) is 53.5. The van der Waals surface area contributed by atoms with Gasteiger partial charge in [0.2, 0.25) is 23.6 Å². The van der Waals surface area contributed by atoms with Crippen LogP contribution in [0.4, 0.5) is 0 Å². The molecule has 4 aliphatic heterocycles. The number of carbonyl (C=O) groups is 4. The van der Waals surface area contributed by atoms with E-state index in [-0.39, 0.29) is 54.9 Å². The Labute approximate surface area is 295 Å². The number of aliphatic hydroxyl groups excluding tert-OH is 1. The number of hydrogen-bond acceptors (Lipinski definition) is 8. The number of ether oxygens (including phenoxy) is 2. The average molecular weight is 694 g/mol. The van der Waals surface area contributed by atoms with Crippen LogP contribution >= 0.6 is 0 Å². The standard InChI is InChI=1S/C38H55N5O7/c1-5-25(4)35-37(47)39-18-8-20-50-29-16-12-27(13-17-29)22-31(36(46)43-35)40-23-32(44)30-21-26-10-14-28(15-11-26)49-19-7-6-9-33(45)42-34(24(2)3)38(48)41-30/h10-17,24-25,30-32,34-35,40,44H,5-9,18-23H2,1-4H3,(H,39,47)(H,41,48)(H,42,45)(H,43,46)/t25?,30-,31?,32?,34-,35-/m0/s1. The van der Waals surface area contributed by atoms with E-state index in [2.05, 4.69) is 26.6 Å². The highest BCUT2D eigenvalue weighted by molar-refractivity contribution is 5.90. The first kappa shape index (κ1) is 38.6. The summed E-state index contributed by atoms with van der Waals surface area (Å²) < 4.78 is 11.7. The maximum atomic E-state index is 13.9. The minimum Gasteiger partial charge on any atom is -0.494 e. The van der Waals surface area contributed by atoms with E-state index in [0.717, 1.165) is 11.1 Å². The van der Waals surface area contributed by atoms with E-state index in [4.69, 9.17) is 9.47 Å². The summed E-state index contributed by atoms with van der Waals surface area (Å²) in [7, 11) is 0. The Hall–Kier alpha value is -4.16. The molecule has 4 bridgehead atoms. The Balaban J connectivity index is 1.57. The van der Waals surface area contributed by atoms with E-state index in [1.807, 2.05) is 76.2 Å². The lowest BCUT2D eigenvalue weighted by Crippen LogP contribution is -2.58. The molecule has 6 N–H and O–H groups in total. The molecule has 0 saturated heterocycles. The molecule has 0 aliphatic carbocycles. The van der Waals surface area contributed by atoms with Crippen molar-refractivity contribution in [3.05, 3.63) is 59.7 Å². The molecular weight excluding hydrogens is 638 g/mol. The van der Waals surface area contributed by atoms with Gasteiger partial charge in [0, 0.05) is 19.5 Å². The first-order valence-electron chi connectivity index (χ1n) is 18.1. The summed E-state index contributed by atoms with van der Waals surface area (Å²) in [5.41, 5.74) is 1.74. The Morgan fingerprint density at radius 2 is 1.38 bits per heavy atom. The lowest BCUT2D eigenvalue weighted by molar-refractivity contribution is -0.131. The molecule has 4 heterocycles. The van der Waals surface area contributed by atoms with E-state index >= 15 is 0 Å². The Bertz CT molecular complexity index is 1400. The molecule has 50 heavy (non-hydrogen) atoms. The smallest absolute Gasteiger partial charge is 0.243 e. The van der Waals surface area contributed by atoms with Crippen LogP contribution in [0.5, 0.6) is 11.5 Å². The van der Waals surface area contributed by atoms with Gasteiger partial charge in [-0.25, -0.2) is 0 Å². The maximum absolute atomic E-state index is 13.9. The number of rotatable bonds is 7. The van der Waals surface area contributed by atoms with E-state index in [1.165, 1.54) is 0 Å². The minimum atomic E-state index is -1.12. The minimum absolute atomic E-state index is 0.0374. The number of benzene rings is 2. The lowest BCUT2D eigenvalue weighted by Gasteiger charge is -2.30. The van der Waals surface area contributed by atoms with Crippen LogP contribution in [0.1, 0.15) is 70.9 Å². The molecule has 2 aromatic carbocycles. The molecule has 6 atom stereocenters. The van der Waals surface area contributed by atoms with Gasteiger partial charge in [-0.2, -0.15) is 0 Å². The number of nitrogens with one attached hydrogen (secondary N) is 5. The van der Waals surface area contributed by atoms with Crippen molar-refractivity contribution in [3.8, 4) is 11.5 Å². The predicted octanol–water partition coefficient (Wildman–Crippen LogP) is 2.41. The van der Waals surface area contributed by atoms with Gasteiger partial charge in [0.15, 0.2) is 0 Å². The zero-order chi connectivity index (χ0) is 36.0. The molecule has 274 valence electrons. The molecular formula is C38H55N5O7. The first-order valence-corrected chi connectivity index (χ1v) is 18.1. The molecule has 4 amide bonds.